The number of aromatic nitrogens is 1. The third kappa shape index (κ3) is 3.15. The minimum absolute atomic E-state index is 0.452. The lowest BCUT2D eigenvalue weighted by molar-refractivity contribution is -0.141. The van der Waals surface area contributed by atoms with Gasteiger partial charge in [-0.2, -0.15) is 0 Å². The number of aliphatic hydroxyl groups excluding tert-OH is 1. The fourth-order valence-corrected chi connectivity index (χ4v) is 2.26. The van der Waals surface area contributed by atoms with E-state index in [-0.39, 0.29) is 0 Å². The van der Waals surface area contributed by atoms with Crippen LogP contribution in [-0.4, -0.2) is 39.5 Å². The Morgan fingerprint density at radius 3 is 2.74 bits per heavy atom. The van der Waals surface area contributed by atoms with E-state index in [1.54, 1.807) is 18.3 Å². The average Bonchev–Trinajstić information content (AvgIpc) is 2.39. The number of nitrogens with zero attached hydrogens (tertiary/aromatic N) is 1. The Labute approximate surface area is 111 Å². The molecule has 0 aromatic carbocycles. The van der Waals surface area contributed by atoms with Crippen LogP contribution in [0, 0.1) is 11.8 Å². The van der Waals surface area contributed by atoms with E-state index in [1.807, 2.05) is 0 Å². The zero-order chi connectivity index (χ0) is 14.5. The topological polar surface area (TPSA) is 96.7 Å². The van der Waals surface area contributed by atoms with Crippen LogP contribution in [0.2, 0.25) is 0 Å². The molecule has 0 aliphatic rings. The number of carboxylic acid groups (broad SMARTS) is 1. The maximum Gasteiger partial charge on any atom is 0.542 e. The number of carboxylic acids is 1. The highest BCUT2D eigenvalue weighted by molar-refractivity contribution is 7.43. The van der Waals surface area contributed by atoms with Crippen LogP contribution in [0.25, 0.3) is 0 Å². The summed E-state index contributed by atoms with van der Waals surface area (Å²) < 4.78 is 16.4. The predicted molar refractivity (Wildman–Crippen MR) is 67.8 cm³/mol. The molecule has 0 fully saturated rings. The van der Waals surface area contributed by atoms with Gasteiger partial charge in [-0.1, -0.05) is 5.92 Å². The van der Waals surface area contributed by atoms with Crippen LogP contribution in [0.4, 0.5) is 0 Å². The molecule has 1 heterocycles. The van der Waals surface area contributed by atoms with Crippen molar-refractivity contribution < 1.29 is 24.1 Å². The average molecular weight is 282 g/mol. The van der Waals surface area contributed by atoms with Crippen LogP contribution in [-0.2, 0) is 13.9 Å². The van der Waals surface area contributed by atoms with Gasteiger partial charge in [0.05, 0.1) is 7.11 Å². The zero-order valence-corrected chi connectivity index (χ0v) is 11.3. The van der Waals surface area contributed by atoms with Crippen molar-refractivity contribution in [3.8, 4) is 11.8 Å². The molecule has 0 spiro atoms. The first-order valence-corrected chi connectivity index (χ1v) is 6.49. The first kappa shape index (κ1) is 15.3. The summed E-state index contributed by atoms with van der Waals surface area (Å²) in [7, 11) is -1.59. The van der Waals surface area contributed by atoms with Gasteiger partial charge in [0.1, 0.15) is 6.10 Å². The van der Waals surface area contributed by atoms with Crippen molar-refractivity contribution >= 4 is 14.0 Å². The van der Waals surface area contributed by atoms with Gasteiger partial charge in [0.2, 0.25) is 0 Å². The third-order valence-corrected chi connectivity index (χ3v) is 4.03. The zero-order valence-electron chi connectivity index (χ0n) is 10.4. The second-order valence-corrected chi connectivity index (χ2v) is 5.26. The molecule has 0 bridgehead atoms. The van der Waals surface area contributed by atoms with Crippen molar-refractivity contribution in [3.63, 3.8) is 0 Å². The molecule has 1 aromatic heterocycles. The fraction of sp³-hybridized carbons (Fsp3) is 0.333. The van der Waals surface area contributed by atoms with E-state index in [2.05, 4.69) is 21.3 Å². The molecule has 0 radical (unpaired) electrons. The monoisotopic (exact) mass is 282 g/mol. The van der Waals surface area contributed by atoms with Crippen molar-refractivity contribution in [2.45, 2.75) is 18.2 Å². The van der Waals surface area contributed by atoms with E-state index in [1.165, 1.54) is 13.1 Å². The third-order valence-electron chi connectivity index (χ3n) is 2.44. The van der Waals surface area contributed by atoms with Crippen LogP contribution in [0.5, 0.6) is 0 Å². The molecular weight excluding hydrogens is 269 g/mol. The molecule has 0 saturated heterocycles. The Morgan fingerprint density at radius 1 is 1.63 bits per heavy atom. The molecule has 1 rings (SSSR count). The number of hydrogen-bond acceptors (Lipinski definition) is 5. The smallest absolute Gasteiger partial charge is 0.477 e. The lowest BCUT2D eigenvalue weighted by atomic mass is 10.0. The summed E-state index contributed by atoms with van der Waals surface area (Å²) >= 11 is 0. The highest BCUT2D eigenvalue weighted by Gasteiger charge is 2.61. The summed E-state index contributed by atoms with van der Waals surface area (Å²) in [6.45, 7) is 1.21. The summed E-state index contributed by atoms with van der Waals surface area (Å²) in [5.74, 6) is 3.40. The summed E-state index contributed by atoms with van der Waals surface area (Å²) in [4.78, 5) is 15.2. The highest BCUT2D eigenvalue weighted by Crippen LogP contribution is 2.42. The van der Waals surface area contributed by atoms with Gasteiger partial charge >= 0.3 is 19.2 Å². The largest absolute Gasteiger partial charge is 0.542 e. The first-order chi connectivity index (χ1) is 8.95. The van der Waals surface area contributed by atoms with Crippen molar-refractivity contribution in [1.82, 2.24) is 4.98 Å². The molecular formula is C12H13NO5P+. The number of aliphatic hydroxyl groups is 1. The van der Waals surface area contributed by atoms with Crippen LogP contribution >= 0.6 is 8.03 Å². The summed E-state index contributed by atoms with van der Waals surface area (Å²) in [5, 5.41) is 16.7. The maximum atomic E-state index is 11.8. The van der Waals surface area contributed by atoms with Gasteiger partial charge in [0.15, 0.2) is 0 Å². The Hall–Kier alpha value is -1.80. The summed E-state index contributed by atoms with van der Waals surface area (Å²) in [6.07, 6.45) is 1.51. The number of rotatable bonds is 4. The van der Waals surface area contributed by atoms with Crippen molar-refractivity contribution in [1.29, 1.82) is 0 Å². The molecule has 0 aliphatic carbocycles. The van der Waals surface area contributed by atoms with E-state index >= 15 is 0 Å². The molecule has 1 aromatic rings. The standard InChI is InChI=1S/C12H12NO5P/c1-9(14)12(11(15)16,19(17)18-2)6-5-10-4-3-7-13-8-10/h3-4,7-9,14H,1-2H3/p+1. The Balaban J connectivity index is 3.30. The SMILES string of the molecule is CO[P+](=O)C(C#Cc1cccnc1)(C(=O)O)C(C)O. The number of hydrogen-bond donors (Lipinski definition) is 2. The van der Waals surface area contributed by atoms with Crippen molar-refractivity contribution in [3.05, 3.63) is 30.1 Å². The van der Waals surface area contributed by atoms with Gasteiger partial charge in [0, 0.05) is 18.0 Å². The minimum Gasteiger partial charge on any atom is -0.477 e. The molecule has 0 saturated carbocycles. The summed E-state index contributed by atoms with van der Waals surface area (Å²) in [6, 6.07) is 3.25. The Bertz CT molecular complexity index is 534. The fourth-order valence-electron chi connectivity index (χ4n) is 1.36. The molecule has 3 unspecified atom stereocenters. The Kier molecular flexibility index (Phi) is 5.13. The van der Waals surface area contributed by atoms with Gasteiger partial charge in [-0.15, -0.1) is 4.52 Å². The molecule has 19 heavy (non-hydrogen) atoms. The Morgan fingerprint density at radius 2 is 2.32 bits per heavy atom. The van der Waals surface area contributed by atoms with Gasteiger partial charge in [-0.05, 0) is 29.5 Å². The number of aliphatic carboxylic acids is 1. The quantitative estimate of drug-likeness (QED) is 0.632. The second kappa shape index (κ2) is 6.39. The first-order valence-electron chi connectivity index (χ1n) is 5.31. The van der Waals surface area contributed by atoms with Crippen LogP contribution in [0.15, 0.2) is 24.5 Å². The van der Waals surface area contributed by atoms with Crippen LogP contribution < -0.4 is 0 Å². The van der Waals surface area contributed by atoms with E-state index in [0.29, 0.717) is 5.56 Å². The number of pyridine rings is 1. The highest BCUT2D eigenvalue weighted by atomic mass is 31.1. The van der Waals surface area contributed by atoms with E-state index in [9.17, 15) is 19.6 Å². The van der Waals surface area contributed by atoms with Gasteiger partial charge in [-0.25, -0.2) is 4.79 Å². The minimum atomic E-state index is -2.69. The normalized spacial score (nSPS) is 15.6. The van der Waals surface area contributed by atoms with E-state index in [4.69, 9.17) is 0 Å². The summed E-state index contributed by atoms with van der Waals surface area (Å²) in [5.41, 5.74) is 0.452. The second-order valence-electron chi connectivity index (χ2n) is 3.68. The predicted octanol–water partition coefficient (Wildman–Crippen LogP) is 1.03. The van der Waals surface area contributed by atoms with Crippen LogP contribution in [0.1, 0.15) is 12.5 Å². The van der Waals surface area contributed by atoms with Gasteiger partial charge in [-0.3, -0.25) is 4.98 Å². The molecule has 7 heteroatoms. The van der Waals surface area contributed by atoms with Crippen molar-refractivity contribution in [2.75, 3.05) is 7.11 Å². The lowest BCUT2D eigenvalue weighted by Gasteiger charge is -2.14. The van der Waals surface area contributed by atoms with Crippen molar-refractivity contribution in [2.24, 2.45) is 0 Å². The van der Waals surface area contributed by atoms with E-state index in [0.717, 1.165) is 7.11 Å². The molecule has 2 N–H and O–H groups in total. The molecule has 3 atom stereocenters. The maximum absolute atomic E-state index is 11.8. The molecule has 100 valence electrons. The van der Waals surface area contributed by atoms with Crippen LogP contribution in [0.3, 0.4) is 0 Å². The van der Waals surface area contributed by atoms with E-state index < -0.39 is 25.3 Å². The number of carbonyl (C=O) groups is 1. The molecule has 0 amide bonds. The molecule has 0 aliphatic heterocycles. The molecule has 6 nitrogen and oxygen atoms in total. The lowest BCUT2D eigenvalue weighted by Crippen LogP contribution is -2.44. The van der Waals surface area contributed by atoms with Gasteiger partial charge in [0.25, 0.3) is 0 Å². The van der Waals surface area contributed by atoms with Gasteiger partial charge < -0.3 is 10.2 Å².